The standard InChI is InChI=1S/C10H12N4O/c1-7-3-4-8(2)9(5-7)15-6-10-11-13-14-12-10/h3-5H,6H2,1-2H3,(H,11,12,13,14). The van der Waals surface area contributed by atoms with E-state index in [2.05, 4.69) is 26.7 Å². The smallest absolute Gasteiger partial charge is 0.211 e. The molecule has 0 fully saturated rings. The zero-order valence-electron chi connectivity index (χ0n) is 8.69. The molecule has 5 nitrogen and oxygen atoms in total. The lowest BCUT2D eigenvalue weighted by atomic mass is 10.1. The Morgan fingerprint density at radius 3 is 2.93 bits per heavy atom. The summed E-state index contributed by atoms with van der Waals surface area (Å²) in [4.78, 5) is 0. The molecule has 2 rings (SSSR count). The Bertz CT molecular complexity index is 439. The highest BCUT2D eigenvalue weighted by Gasteiger charge is 2.02. The van der Waals surface area contributed by atoms with Gasteiger partial charge >= 0.3 is 0 Å². The number of nitrogens with zero attached hydrogens (tertiary/aromatic N) is 3. The van der Waals surface area contributed by atoms with E-state index in [1.165, 1.54) is 5.56 Å². The van der Waals surface area contributed by atoms with Crippen molar-refractivity contribution in [1.29, 1.82) is 0 Å². The van der Waals surface area contributed by atoms with Crippen molar-refractivity contribution in [3.8, 4) is 5.75 Å². The topological polar surface area (TPSA) is 63.7 Å². The Labute approximate surface area is 87.5 Å². The van der Waals surface area contributed by atoms with Gasteiger partial charge in [0.25, 0.3) is 0 Å². The van der Waals surface area contributed by atoms with Gasteiger partial charge in [-0.15, -0.1) is 10.2 Å². The van der Waals surface area contributed by atoms with Crippen molar-refractivity contribution in [2.45, 2.75) is 20.5 Å². The highest BCUT2D eigenvalue weighted by Crippen LogP contribution is 2.19. The minimum absolute atomic E-state index is 0.334. The molecule has 1 aromatic heterocycles. The number of hydrogen-bond acceptors (Lipinski definition) is 4. The maximum absolute atomic E-state index is 5.58. The van der Waals surface area contributed by atoms with Crippen molar-refractivity contribution in [3.05, 3.63) is 35.2 Å². The molecular weight excluding hydrogens is 192 g/mol. The average Bonchev–Trinajstić information content (AvgIpc) is 2.72. The summed E-state index contributed by atoms with van der Waals surface area (Å²) in [6.45, 7) is 4.37. The predicted octanol–water partition coefficient (Wildman–Crippen LogP) is 1.40. The summed E-state index contributed by atoms with van der Waals surface area (Å²) in [7, 11) is 0. The number of ether oxygens (including phenoxy) is 1. The maximum Gasteiger partial charge on any atom is 0.211 e. The summed E-state index contributed by atoms with van der Waals surface area (Å²) in [6, 6.07) is 6.08. The van der Waals surface area contributed by atoms with Crippen molar-refractivity contribution in [2.75, 3.05) is 0 Å². The molecule has 0 atom stereocenters. The number of H-pyrrole nitrogens is 1. The fourth-order valence-electron chi connectivity index (χ4n) is 1.25. The van der Waals surface area contributed by atoms with Crippen LogP contribution in [-0.2, 0) is 6.61 Å². The third kappa shape index (κ3) is 2.31. The zero-order chi connectivity index (χ0) is 10.7. The van der Waals surface area contributed by atoms with Crippen LogP contribution in [0, 0.1) is 13.8 Å². The number of hydrogen-bond donors (Lipinski definition) is 1. The Balaban J connectivity index is 2.07. The quantitative estimate of drug-likeness (QED) is 0.820. The average molecular weight is 204 g/mol. The normalized spacial score (nSPS) is 10.3. The molecule has 0 aliphatic rings. The van der Waals surface area contributed by atoms with Gasteiger partial charge in [-0.25, -0.2) is 0 Å². The minimum Gasteiger partial charge on any atom is -0.485 e. The molecule has 0 saturated heterocycles. The molecular formula is C10H12N4O. The predicted molar refractivity (Wildman–Crippen MR) is 54.4 cm³/mol. The Morgan fingerprint density at radius 2 is 2.20 bits per heavy atom. The molecule has 0 unspecified atom stereocenters. The summed E-state index contributed by atoms with van der Waals surface area (Å²) >= 11 is 0. The molecule has 0 aliphatic heterocycles. The first-order valence-electron chi connectivity index (χ1n) is 4.68. The van der Waals surface area contributed by atoms with Gasteiger partial charge < -0.3 is 4.74 Å². The first-order valence-corrected chi connectivity index (χ1v) is 4.68. The van der Waals surface area contributed by atoms with Crippen LogP contribution in [0.4, 0.5) is 0 Å². The largest absolute Gasteiger partial charge is 0.485 e. The van der Waals surface area contributed by atoms with Crippen LogP contribution in [0.2, 0.25) is 0 Å². The lowest BCUT2D eigenvalue weighted by molar-refractivity contribution is 0.294. The lowest BCUT2D eigenvalue weighted by Gasteiger charge is -2.07. The van der Waals surface area contributed by atoms with Gasteiger partial charge in [0.15, 0.2) is 6.61 Å². The second-order valence-corrected chi connectivity index (χ2v) is 3.39. The highest BCUT2D eigenvalue weighted by molar-refractivity contribution is 5.35. The monoisotopic (exact) mass is 204 g/mol. The number of nitrogens with one attached hydrogen (secondary N) is 1. The number of rotatable bonds is 3. The third-order valence-electron chi connectivity index (χ3n) is 2.09. The van der Waals surface area contributed by atoms with E-state index in [1.807, 2.05) is 26.0 Å². The van der Waals surface area contributed by atoms with Gasteiger partial charge in [-0.1, -0.05) is 17.3 Å². The summed E-state index contributed by atoms with van der Waals surface area (Å²) < 4.78 is 5.58. The molecule has 1 N–H and O–H groups in total. The summed E-state index contributed by atoms with van der Waals surface area (Å²) in [5.41, 5.74) is 2.27. The van der Waals surface area contributed by atoms with Crippen molar-refractivity contribution < 1.29 is 4.74 Å². The van der Waals surface area contributed by atoms with E-state index in [1.54, 1.807) is 0 Å². The molecule has 5 heteroatoms. The van der Waals surface area contributed by atoms with Crippen LogP contribution in [0.1, 0.15) is 17.0 Å². The molecule has 0 radical (unpaired) electrons. The Kier molecular flexibility index (Phi) is 2.62. The SMILES string of the molecule is Cc1ccc(C)c(OCc2nn[nH]n2)c1. The minimum atomic E-state index is 0.334. The molecule has 1 aromatic carbocycles. The van der Waals surface area contributed by atoms with Gasteiger partial charge in [-0.3, -0.25) is 0 Å². The lowest BCUT2D eigenvalue weighted by Crippen LogP contribution is -1.99. The van der Waals surface area contributed by atoms with Crippen LogP contribution in [-0.4, -0.2) is 20.6 Å². The number of benzene rings is 1. The van der Waals surface area contributed by atoms with Crippen LogP contribution < -0.4 is 4.74 Å². The summed E-state index contributed by atoms with van der Waals surface area (Å²) in [6.07, 6.45) is 0. The maximum atomic E-state index is 5.58. The Hall–Kier alpha value is -1.91. The Morgan fingerprint density at radius 1 is 1.33 bits per heavy atom. The van der Waals surface area contributed by atoms with Gasteiger partial charge in [-0.05, 0) is 31.0 Å². The number of tetrazole rings is 1. The fourth-order valence-corrected chi connectivity index (χ4v) is 1.25. The molecule has 2 aromatic rings. The first-order chi connectivity index (χ1) is 7.25. The number of aromatic amines is 1. The van der Waals surface area contributed by atoms with E-state index in [-0.39, 0.29) is 0 Å². The van der Waals surface area contributed by atoms with Crippen molar-refractivity contribution in [3.63, 3.8) is 0 Å². The van der Waals surface area contributed by atoms with Crippen LogP contribution in [0.3, 0.4) is 0 Å². The molecule has 0 saturated carbocycles. The van der Waals surface area contributed by atoms with Gasteiger partial charge in [0.1, 0.15) is 5.75 Å². The van der Waals surface area contributed by atoms with Gasteiger partial charge in [-0.2, -0.15) is 5.21 Å². The van der Waals surface area contributed by atoms with Gasteiger partial charge in [0, 0.05) is 0 Å². The molecule has 0 bridgehead atoms. The zero-order valence-corrected chi connectivity index (χ0v) is 8.69. The number of aromatic nitrogens is 4. The van der Waals surface area contributed by atoms with Crippen molar-refractivity contribution in [1.82, 2.24) is 20.6 Å². The molecule has 78 valence electrons. The van der Waals surface area contributed by atoms with Crippen LogP contribution in [0.15, 0.2) is 18.2 Å². The van der Waals surface area contributed by atoms with Crippen LogP contribution >= 0.6 is 0 Å². The van der Waals surface area contributed by atoms with E-state index in [0.717, 1.165) is 11.3 Å². The molecule has 0 amide bonds. The number of aryl methyl sites for hydroxylation is 2. The van der Waals surface area contributed by atoms with Crippen molar-refractivity contribution >= 4 is 0 Å². The first kappa shape index (κ1) is 9.64. The van der Waals surface area contributed by atoms with Gasteiger partial charge in [0.2, 0.25) is 5.82 Å². The van der Waals surface area contributed by atoms with Crippen LogP contribution in [0.5, 0.6) is 5.75 Å². The molecule has 0 aliphatic carbocycles. The van der Waals surface area contributed by atoms with E-state index in [0.29, 0.717) is 12.4 Å². The van der Waals surface area contributed by atoms with E-state index in [4.69, 9.17) is 4.74 Å². The second kappa shape index (κ2) is 4.08. The molecule has 0 spiro atoms. The van der Waals surface area contributed by atoms with E-state index in [9.17, 15) is 0 Å². The molecule has 15 heavy (non-hydrogen) atoms. The summed E-state index contributed by atoms with van der Waals surface area (Å²) in [5, 5.41) is 13.5. The van der Waals surface area contributed by atoms with Crippen molar-refractivity contribution in [2.24, 2.45) is 0 Å². The van der Waals surface area contributed by atoms with E-state index >= 15 is 0 Å². The molecule has 1 heterocycles. The highest BCUT2D eigenvalue weighted by atomic mass is 16.5. The fraction of sp³-hybridized carbons (Fsp3) is 0.300. The van der Waals surface area contributed by atoms with Crippen LogP contribution in [0.25, 0.3) is 0 Å². The van der Waals surface area contributed by atoms with Gasteiger partial charge in [0.05, 0.1) is 0 Å². The third-order valence-corrected chi connectivity index (χ3v) is 2.09. The van der Waals surface area contributed by atoms with E-state index < -0.39 is 0 Å². The summed E-state index contributed by atoms with van der Waals surface area (Å²) in [5.74, 6) is 1.41. The second-order valence-electron chi connectivity index (χ2n) is 3.39.